The van der Waals surface area contributed by atoms with Gasteiger partial charge in [-0.1, -0.05) is 43.6 Å². The Morgan fingerprint density at radius 3 is 2.53 bits per heavy atom. The van der Waals surface area contributed by atoms with Gasteiger partial charge in [-0.25, -0.2) is 0 Å². The Morgan fingerprint density at radius 1 is 1.27 bits per heavy atom. The topological polar surface area (TPSA) is 26.0 Å². The first-order valence-corrected chi connectivity index (χ1v) is 5.34. The van der Waals surface area contributed by atoms with E-state index in [1.807, 2.05) is 12.1 Å². The number of halogens is 1. The summed E-state index contributed by atoms with van der Waals surface area (Å²) in [7, 11) is 0. The van der Waals surface area contributed by atoms with Crippen LogP contribution in [0.5, 0.6) is 0 Å². The van der Waals surface area contributed by atoms with Crippen molar-refractivity contribution < 1.29 is 4.52 Å². The first kappa shape index (κ1) is 10.5. The summed E-state index contributed by atoms with van der Waals surface area (Å²) in [5, 5.41) is 5.21. The van der Waals surface area contributed by atoms with Gasteiger partial charge in [-0.15, -0.1) is 0 Å². The lowest BCUT2D eigenvalue weighted by molar-refractivity contribution is 0.456. The van der Waals surface area contributed by atoms with E-state index in [0.29, 0.717) is 5.15 Å². The smallest absolute Gasteiger partial charge is 0.180 e. The molecular formula is C12H14ClNO. The van der Waals surface area contributed by atoms with Crippen LogP contribution in [0, 0.1) is 6.92 Å². The second-order valence-corrected chi connectivity index (χ2v) is 5.21. The normalized spacial score (nSPS) is 12.3. The minimum Gasteiger partial charge on any atom is -0.355 e. The molecule has 0 spiro atoms. The molecule has 0 aliphatic heterocycles. The van der Waals surface area contributed by atoms with E-state index in [1.54, 1.807) is 0 Å². The lowest BCUT2D eigenvalue weighted by atomic mass is 9.82. The van der Waals surface area contributed by atoms with Gasteiger partial charge in [-0.05, 0) is 29.5 Å². The summed E-state index contributed by atoms with van der Waals surface area (Å²) in [6.07, 6.45) is 0. The fraction of sp³-hybridized carbons (Fsp3) is 0.417. The molecule has 0 N–H and O–H groups in total. The third-order valence-electron chi connectivity index (χ3n) is 2.56. The Balaban J connectivity index is 2.90. The fourth-order valence-corrected chi connectivity index (χ4v) is 2.29. The highest BCUT2D eigenvalue weighted by Gasteiger charge is 2.23. The molecule has 0 saturated heterocycles. The first-order chi connectivity index (χ1) is 6.91. The number of hydrogen-bond donors (Lipinski definition) is 0. The van der Waals surface area contributed by atoms with E-state index in [9.17, 15) is 0 Å². The van der Waals surface area contributed by atoms with Crippen LogP contribution in [0.15, 0.2) is 16.7 Å². The zero-order valence-electron chi connectivity index (χ0n) is 9.39. The average molecular weight is 224 g/mol. The molecule has 0 saturated carbocycles. The van der Waals surface area contributed by atoms with Crippen LogP contribution < -0.4 is 0 Å². The quantitative estimate of drug-likeness (QED) is 0.673. The molecule has 0 atom stereocenters. The van der Waals surface area contributed by atoms with Gasteiger partial charge in [0.25, 0.3) is 0 Å². The third-order valence-corrected chi connectivity index (χ3v) is 2.81. The third kappa shape index (κ3) is 1.63. The summed E-state index contributed by atoms with van der Waals surface area (Å²) in [4.78, 5) is 0. The van der Waals surface area contributed by atoms with Crippen LogP contribution in [0.25, 0.3) is 11.0 Å². The number of fused-ring (bicyclic) bond motifs is 1. The molecule has 0 fully saturated rings. The summed E-state index contributed by atoms with van der Waals surface area (Å²) in [6, 6.07) is 3.96. The zero-order valence-corrected chi connectivity index (χ0v) is 10.1. The molecule has 80 valence electrons. The molecule has 1 heterocycles. The highest BCUT2D eigenvalue weighted by atomic mass is 35.5. The Labute approximate surface area is 94.2 Å². The van der Waals surface area contributed by atoms with Crippen LogP contribution in [0.4, 0.5) is 0 Å². The van der Waals surface area contributed by atoms with Gasteiger partial charge in [0.1, 0.15) is 0 Å². The average Bonchev–Trinajstić information content (AvgIpc) is 2.46. The molecule has 0 bridgehead atoms. The van der Waals surface area contributed by atoms with Crippen LogP contribution in [0.1, 0.15) is 31.9 Å². The molecule has 0 unspecified atom stereocenters. The number of rotatable bonds is 0. The Kier molecular flexibility index (Phi) is 2.27. The fourth-order valence-electron chi connectivity index (χ4n) is 2.07. The molecule has 0 aliphatic rings. The highest BCUT2D eigenvalue weighted by molar-refractivity contribution is 6.34. The summed E-state index contributed by atoms with van der Waals surface area (Å²) >= 11 is 6.05. The number of benzene rings is 1. The molecule has 0 radical (unpaired) electrons. The molecule has 3 heteroatoms. The van der Waals surface area contributed by atoms with Crippen LogP contribution in [0.2, 0.25) is 5.15 Å². The summed E-state index contributed by atoms with van der Waals surface area (Å²) < 4.78 is 5.16. The van der Waals surface area contributed by atoms with Gasteiger partial charge >= 0.3 is 0 Å². The van der Waals surface area contributed by atoms with Crippen molar-refractivity contribution in [1.82, 2.24) is 5.16 Å². The van der Waals surface area contributed by atoms with E-state index < -0.39 is 0 Å². The van der Waals surface area contributed by atoms with Crippen molar-refractivity contribution in [3.8, 4) is 0 Å². The minimum atomic E-state index is 0.0405. The summed E-state index contributed by atoms with van der Waals surface area (Å²) in [5.41, 5.74) is 3.24. The summed E-state index contributed by atoms with van der Waals surface area (Å²) in [6.45, 7) is 8.58. The van der Waals surface area contributed by atoms with E-state index in [2.05, 4.69) is 32.9 Å². The molecule has 1 aromatic heterocycles. The maximum Gasteiger partial charge on any atom is 0.180 e. The van der Waals surface area contributed by atoms with Crippen molar-refractivity contribution in [2.45, 2.75) is 33.1 Å². The molecule has 2 aromatic rings. The second-order valence-electron chi connectivity index (χ2n) is 4.85. The molecule has 1 aromatic carbocycles. The molecule has 0 aliphatic carbocycles. The molecule has 15 heavy (non-hydrogen) atoms. The Bertz CT molecular complexity index is 508. The predicted molar refractivity (Wildman–Crippen MR) is 62.5 cm³/mol. The SMILES string of the molecule is Cc1ccc2onc(Cl)c2c1C(C)(C)C. The van der Waals surface area contributed by atoms with E-state index >= 15 is 0 Å². The van der Waals surface area contributed by atoms with Crippen molar-refractivity contribution in [1.29, 1.82) is 0 Å². The van der Waals surface area contributed by atoms with Crippen molar-refractivity contribution in [2.75, 3.05) is 0 Å². The van der Waals surface area contributed by atoms with Gasteiger partial charge in [-0.2, -0.15) is 0 Å². The monoisotopic (exact) mass is 223 g/mol. The minimum absolute atomic E-state index is 0.0405. The van der Waals surface area contributed by atoms with Gasteiger partial charge < -0.3 is 4.52 Å². The van der Waals surface area contributed by atoms with E-state index in [-0.39, 0.29) is 5.41 Å². The van der Waals surface area contributed by atoms with Crippen molar-refractivity contribution >= 4 is 22.6 Å². The van der Waals surface area contributed by atoms with Crippen molar-refractivity contribution in [3.63, 3.8) is 0 Å². The Morgan fingerprint density at radius 2 is 1.93 bits per heavy atom. The van der Waals surface area contributed by atoms with Crippen LogP contribution >= 0.6 is 11.6 Å². The summed E-state index contributed by atoms with van der Waals surface area (Å²) in [5.74, 6) is 0. The molecular weight excluding hydrogens is 210 g/mol. The number of hydrogen-bond acceptors (Lipinski definition) is 2. The van der Waals surface area contributed by atoms with E-state index in [4.69, 9.17) is 16.1 Å². The van der Waals surface area contributed by atoms with Crippen LogP contribution in [-0.2, 0) is 5.41 Å². The lowest BCUT2D eigenvalue weighted by Gasteiger charge is -2.22. The van der Waals surface area contributed by atoms with Gasteiger partial charge in [-0.3, -0.25) is 0 Å². The highest BCUT2D eigenvalue weighted by Crippen LogP contribution is 2.36. The maximum absolute atomic E-state index is 6.05. The lowest BCUT2D eigenvalue weighted by Crippen LogP contribution is -2.13. The van der Waals surface area contributed by atoms with Crippen LogP contribution in [0.3, 0.4) is 0 Å². The van der Waals surface area contributed by atoms with E-state index in [0.717, 1.165) is 11.0 Å². The number of aromatic nitrogens is 1. The van der Waals surface area contributed by atoms with Crippen LogP contribution in [-0.4, -0.2) is 5.16 Å². The second kappa shape index (κ2) is 3.24. The number of nitrogens with zero attached hydrogens (tertiary/aromatic N) is 1. The Hall–Kier alpha value is -1.02. The largest absolute Gasteiger partial charge is 0.355 e. The van der Waals surface area contributed by atoms with Gasteiger partial charge in [0.2, 0.25) is 0 Å². The van der Waals surface area contributed by atoms with E-state index in [1.165, 1.54) is 11.1 Å². The van der Waals surface area contributed by atoms with Gasteiger partial charge in [0.05, 0.1) is 5.39 Å². The van der Waals surface area contributed by atoms with Gasteiger partial charge in [0, 0.05) is 0 Å². The van der Waals surface area contributed by atoms with Crippen molar-refractivity contribution in [2.24, 2.45) is 0 Å². The molecule has 0 amide bonds. The first-order valence-electron chi connectivity index (χ1n) is 4.96. The maximum atomic E-state index is 6.05. The number of aryl methyl sites for hydroxylation is 1. The predicted octanol–water partition coefficient (Wildman–Crippen LogP) is 4.09. The van der Waals surface area contributed by atoms with Crippen molar-refractivity contribution in [3.05, 3.63) is 28.4 Å². The van der Waals surface area contributed by atoms with Gasteiger partial charge in [0.15, 0.2) is 10.7 Å². The standard InChI is InChI=1S/C12H14ClNO/c1-7-5-6-8-9(11(13)14-15-8)10(7)12(2,3)4/h5-6H,1-4H3. The molecule has 2 rings (SSSR count). The zero-order chi connectivity index (χ0) is 11.2. The molecule has 2 nitrogen and oxygen atoms in total.